The summed E-state index contributed by atoms with van der Waals surface area (Å²) in [5.74, 6) is -1.14. The largest absolute Gasteiger partial charge is 0.480 e. The van der Waals surface area contributed by atoms with Crippen LogP contribution in [0.1, 0.15) is 18.5 Å². The van der Waals surface area contributed by atoms with Gasteiger partial charge in [0.1, 0.15) is 12.6 Å². The van der Waals surface area contributed by atoms with Gasteiger partial charge in [-0.3, -0.25) is 4.79 Å². The fourth-order valence-electron chi connectivity index (χ4n) is 2.77. The molecule has 1 aliphatic carbocycles. The van der Waals surface area contributed by atoms with Crippen LogP contribution in [0.3, 0.4) is 0 Å². The molecule has 22 heavy (non-hydrogen) atoms. The molecule has 1 unspecified atom stereocenters. The van der Waals surface area contributed by atoms with Gasteiger partial charge in [-0.15, -0.1) is 0 Å². The molecule has 1 aromatic carbocycles. The highest BCUT2D eigenvalue weighted by Gasteiger charge is 2.37. The van der Waals surface area contributed by atoms with Crippen molar-refractivity contribution in [3.05, 3.63) is 34.4 Å². The Labute approximate surface area is 136 Å². The molecule has 0 bridgehead atoms. The number of nitrogens with zero attached hydrogens (tertiary/aromatic N) is 1. The molecule has 6 heteroatoms. The van der Waals surface area contributed by atoms with Crippen molar-refractivity contribution < 1.29 is 14.7 Å². The second-order valence-electron chi connectivity index (χ2n) is 5.72. The SMILES string of the molecule is Cc1c(Br)c2ccccc2n1CC(=O)NC(C(=O)O)C1CC1. The van der Waals surface area contributed by atoms with E-state index in [1.165, 1.54) is 0 Å². The Balaban J connectivity index is 1.82. The quantitative estimate of drug-likeness (QED) is 0.856. The van der Waals surface area contributed by atoms with Crippen molar-refractivity contribution >= 4 is 38.7 Å². The number of hydrogen-bond acceptors (Lipinski definition) is 2. The van der Waals surface area contributed by atoms with Crippen LogP contribution >= 0.6 is 15.9 Å². The Kier molecular flexibility index (Phi) is 3.95. The first kappa shape index (κ1) is 15.1. The van der Waals surface area contributed by atoms with Crippen LogP contribution < -0.4 is 5.32 Å². The molecular formula is C16H17BrN2O3. The third-order valence-corrected chi connectivity index (χ3v) is 5.13. The summed E-state index contributed by atoms with van der Waals surface area (Å²) in [4.78, 5) is 23.5. The van der Waals surface area contributed by atoms with Crippen LogP contribution in [0.4, 0.5) is 0 Å². The first-order chi connectivity index (χ1) is 10.5. The Hall–Kier alpha value is -1.82. The molecule has 3 rings (SSSR count). The van der Waals surface area contributed by atoms with E-state index in [1.807, 2.05) is 35.8 Å². The number of carbonyl (C=O) groups is 2. The molecule has 116 valence electrons. The number of amides is 1. The predicted molar refractivity (Wildman–Crippen MR) is 86.7 cm³/mol. The fourth-order valence-corrected chi connectivity index (χ4v) is 3.32. The van der Waals surface area contributed by atoms with E-state index in [2.05, 4.69) is 21.2 Å². The highest BCUT2D eigenvalue weighted by atomic mass is 79.9. The van der Waals surface area contributed by atoms with E-state index >= 15 is 0 Å². The molecule has 1 aromatic heterocycles. The van der Waals surface area contributed by atoms with Crippen LogP contribution in [0, 0.1) is 12.8 Å². The molecular weight excluding hydrogens is 348 g/mol. The number of carboxylic acids is 1. The minimum Gasteiger partial charge on any atom is -0.480 e. The van der Waals surface area contributed by atoms with Gasteiger partial charge in [-0.2, -0.15) is 0 Å². The van der Waals surface area contributed by atoms with Gasteiger partial charge in [0.2, 0.25) is 5.91 Å². The van der Waals surface area contributed by atoms with Gasteiger partial charge in [0, 0.05) is 21.1 Å². The maximum atomic E-state index is 12.3. The van der Waals surface area contributed by atoms with Gasteiger partial charge in [-0.1, -0.05) is 18.2 Å². The summed E-state index contributed by atoms with van der Waals surface area (Å²) in [6.45, 7) is 2.06. The summed E-state index contributed by atoms with van der Waals surface area (Å²) in [5, 5.41) is 12.9. The number of rotatable bonds is 5. The van der Waals surface area contributed by atoms with Crippen LogP contribution in [0.5, 0.6) is 0 Å². The number of benzene rings is 1. The molecule has 0 radical (unpaired) electrons. The monoisotopic (exact) mass is 364 g/mol. The number of aromatic nitrogens is 1. The van der Waals surface area contributed by atoms with E-state index in [1.54, 1.807) is 0 Å². The normalized spacial score (nSPS) is 15.7. The maximum Gasteiger partial charge on any atom is 0.326 e. The third-order valence-electron chi connectivity index (χ3n) is 4.13. The lowest BCUT2D eigenvalue weighted by Crippen LogP contribution is -2.43. The van der Waals surface area contributed by atoms with Crippen molar-refractivity contribution in [2.45, 2.75) is 32.4 Å². The maximum absolute atomic E-state index is 12.3. The first-order valence-corrected chi connectivity index (χ1v) is 8.04. The van der Waals surface area contributed by atoms with E-state index in [0.29, 0.717) is 0 Å². The van der Waals surface area contributed by atoms with Crippen LogP contribution in [-0.4, -0.2) is 27.6 Å². The van der Waals surface area contributed by atoms with Crippen molar-refractivity contribution in [1.82, 2.24) is 9.88 Å². The first-order valence-electron chi connectivity index (χ1n) is 7.24. The molecule has 0 spiro atoms. The molecule has 0 aliphatic heterocycles. The number of carbonyl (C=O) groups excluding carboxylic acids is 1. The van der Waals surface area contributed by atoms with Gasteiger partial charge in [-0.25, -0.2) is 4.79 Å². The number of halogens is 1. The molecule has 5 nitrogen and oxygen atoms in total. The standard InChI is InChI=1S/C16H17BrN2O3/c1-9-14(17)11-4-2-3-5-12(11)19(9)8-13(20)18-15(16(21)22)10-6-7-10/h2-5,10,15H,6-8H2,1H3,(H,18,20)(H,21,22). The van der Waals surface area contributed by atoms with Crippen molar-refractivity contribution in [1.29, 1.82) is 0 Å². The number of hydrogen-bond donors (Lipinski definition) is 2. The van der Waals surface area contributed by atoms with E-state index in [0.717, 1.165) is 33.9 Å². The van der Waals surface area contributed by atoms with E-state index in [9.17, 15) is 14.7 Å². The molecule has 1 atom stereocenters. The van der Waals surface area contributed by atoms with Gasteiger partial charge in [0.25, 0.3) is 0 Å². The molecule has 0 saturated heterocycles. The highest BCUT2D eigenvalue weighted by molar-refractivity contribution is 9.10. The Bertz CT molecular complexity index is 749. The van der Waals surface area contributed by atoms with Crippen molar-refractivity contribution in [2.24, 2.45) is 5.92 Å². The molecule has 1 heterocycles. The van der Waals surface area contributed by atoms with Crippen LogP contribution in [0.2, 0.25) is 0 Å². The van der Waals surface area contributed by atoms with Crippen molar-refractivity contribution in [2.75, 3.05) is 0 Å². The van der Waals surface area contributed by atoms with Gasteiger partial charge < -0.3 is 15.0 Å². The van der Waals surface area contributed by atoms with Gasteiger partial charge in [0.05, 0.1) is 0 Å². The summed E-state index contributed by atoms with van der Waals surface area (Å²) >= 11 is 3.55. The molecule has 2 aromatic rings. The van der Waals surface area contributed by atoms with Gasteiger partial charge >= 0.3 is 5.97 Å². The highest BCUT2D eigenvalue weighted by Crippen LogP contribution is 2.33. The average Bonchev–Trinajstić information content (AvgIpc) is 3.30. The summed E-state index contributed by atoms with van der Waals surface area (Å²) in [5.41, 5.74) is 1.91. The van der Waals surface area contributed by atoms with Crippen LogP contribution in [0.25, 0.3) is 10.9 Å². The van der Waals surface area contributed by atoms with Crippen molar-refractivity contribution in [3.63, 3.8) is 0 Å². The molecule has 2 N–H and O–H groups in total. The Morgan fingerprint density at radius 2 is 2.09 bits per heavy atom. The zero-order valence-corrected chi connectivity index (χ0v) is 13.8. The van der Waals surface area contributed by atoms with Crippen LogP contribution in [-0.2, 0) is 16.1 Å². The minimum absolute atomic E-state index is 0.0793. The molecule has 1 amide bonds. The van der Waals surface area contributed by atoms with E-state index in [4.69, 9.17) is 0 Å². The van der Waals surface area contributed by atoms with E-state index in [-0.39, 0.29) is 18.4 Å². The molecule has 1 aliphatic rings. The summed E-state index contributed by atoms with van der Waals surface area (Å²) < 4.78 is 2.87. The Morgan fingerprint density at radius 3 is 2.73 bits per heavy atom. The lowest BCUT2D eigenvalue weighted by Gasteiger charge is -2.15. The summed E-state index contributed by atoms with van der Waals surface area (Å²) in [6.07, 6.45) is 1.74. The number of aliphatic carboxylic acids is 1. The second kappa shape index (κ2) is 5.76. The third kappa shape index (κ3) is 2.75. The van der Waals surface area contributed by atoms with Crippen LogP contribution in [0.15, 0.2) is 28.7 Å². The number of nitrogens with one attached hydrogen (secondary N) is 1. The van der Waals surface area contributed by atoms with E-state index < -0.39 is 12.0 Å². The Morgan fingerprint density at radius 1 is 1.41 bits per heavy atom. The molecule has 1 fully saturated rings. The predicted octanol–water partition coefficient (Wildman–Crippen LogP) is 2.69. The second-order valence-corrected chi connectivity index (χ2v) is 6.52. The van der Waals surface area contributed by atoms with Crippen molar-refractivity contribution in [3.8, 4) is 0 Å². The number of carboxylic acid groups (broad SMARTS) is 1. The minimum atomic E-state index is -0.953. The smallest absolute Gasteiger partial charge is 0.326 e. The molecule has 1 saturated carbocycles. The fraction of sp³-hybridized carbons (Fsp3) is 0.375. The lowest BCUT2D eigenvalue weighted by atomic mass is 10.2. The summed E-state index contributed by atoms with van der Waals surface area (Å²) in [7, 11) is 0. The lowest BCUT2D eigenvalue weighted by molar-refractivity contribution is -0.142. The average molecular weight is 365 g/mol. The topological polar surface area (TPSA) is 71.3 Å². The number of para-hydroxylation sites is 1. The number of fused-ring (bicyclic) bond motifs is 1. The van der Waals surface area contributed by atoms with Gasteiger partial charge in [-0.05, 0) is 47.7 Å². The zero-order valence-electron chi connectivity index (χ0n) is 12.2. The zero-order chi connectivity index (χ0) is 15.9. The van der Waals surface area contributed by atoms with Gasteiger partial charge in [0.15, 0.2) is 0 Å². The summed E-state index contributed by atoms with van der Waals surface area (Å²) in [6, 6.07) is 7.05.